The van der Waals surface area contributed by atoms with Gasteiger partial charge in [-0.2, -0.15) is 0 Å². The monoisotopic (exact) mass is 587 g/mol. The van der Waals surface area contributed by atoms with Gasteiger partial charge in [-0.05, 0) is 0 Å². The fraction of sp³-hybridized carbons (Fsp3) is 1.00. The van der Waals surface area contributed by atoms with E-state index in [2.05, 4.69) is 13.8 Å². The second-order valence-corrected chi connectivity index (χ2v) is 18.7. The molecule has 0 aliphatic heterocycles. The summed E-state index contributed by atoms with van der Waals surface area (Å²) in [5, 5.41) is 0. The van der Waals surface area contributed by atoms with Crippen LogP contribution >= 0.6 is 7.06 Å². The third-order valence-electron chi connectivity index (χ3n) is 9.19. The average Bonchev–Trinajstić information content (AvgIpc) is 2.92. The Kier molecular flexibility index (Phi) is 29.7. The summed E-state index contributed by atoms with van der Waals surface area (Å²) >= 11 is 0. The van der Waals surface area contributed by atoms with Gasteiger partial charge in [0.05, 0.1) is 0 Å². The molecule has 0 spiro atoms. The van der Waals surface area contributed by atoms with Crippen LogP contribution in [0.1, 0.15) is 219 Å². The van der Waals surface area contributed by atoms with E-state index < -0.39 is 7.06 Å². The summed E-state index contributed by atoms with van der Waals surface area (Å²) in [5.74, 6) is 0. The second-order valence-electron chi connectivity index (χ2n) is 14.0. The Morgan fingerprint density at radius 3 is 0.600 bits per heavy atom. The van der Waals surface area contributed by atoms with Crippen molar-refractivity contribution in [2.75, 3.05) is 19.0 Å². The van der Waals surface area contributed by atoms with E-state index in [-0.39, 0.29) is 0 Å². The van der Waals surface area contributed by atoms with E-state index in [0.717, 1.165) is 12.8 Å². The van der Waals surface area contributed by atoms with Gasteiger partial charge >= 0.3 is 177 Å². The van der Waals surface area contributed by atoms with Gasteiger partial charge in [0, 0.05) is 0 Å². The van der Waals surface area contributed by atoms with Crippen LogP contribution in [0.5, 0.6) is 0 Å². The zero-order chi connectivity index (χ0) is 29.5. The fourth-order valence-electron chi connectivity index (χ4n) is 6.25. The molecular formula is C37H79O2P. The summed E-state index contributed by atoms with van der Waals surface area (Å²) < 4.78 is 0. The third-order valence-corrected chi connectivity index (χ3v) is 12.1. The SMILES string of the molecule is CCCCCCCCCCCCCCCCCCP(C)(O)(O)CCCCCCCCCCCCCCCCCC. The van der Waals surface area contributed by atoms with Crippen LogP contribution in [0.25, 0.3) is 0 Å². The Morgan fingerprint density at radius 2 is 0.425 bits per heavy atom. The Balaban J connectivity index is 3.40. The molecule has 0 aliphatic rings. The second kappa shape index (κ2) is 29.4. The predicted octanol–water partition coefficient (Wildman–Crippen LogP) is 13.5. The van der Waals surface area contributed by atoms with Crippen LogP contribution in [0, 0.1) is 0 Å². The van der Waals surface area contributed by atoms with Gasteiger partial charge in [0.1, 0.15) is 0 Å². The predicted molar refractivity (Wildman–Crippen MR) is 186 cm³/mol. The van der Waals surface area contributed by atoms with Crippen LogP contribution in [-0.4, -0.2) is 28.8 Å². The maximum absolute atomic E-state index is 10.9. The molecule has 0 aromatic rings. The minimum Gasteiger partial charge on any atom is -0.0654 e. The van der Waals surface area contributed by atoms with Gasteiger partial charge in [0.25, 0.3) is 0 Å². The molecule has 0 fully saturated rings. The van der Waals surface area contributed by atoms with E-state index in [1.54, 1.807) is 6.66 Å². The van der Waals surface area contributed by atoms with Crippen molar-refractivity contribution in [2.45, 2.75) is 219 Å². The Labute approximate surface area is 254 Å². The molecule has 3 heteroatoms. The Hall–Kier alpha value is 0.350. The molecule has 0 radical (unpaired) electrons. The molecular weight excluding hydrogens is 507 g/mol. The molecule has 0 amide bonds. The van der Waals surface area contributed by atoms with Gasteiger partial charge in [-0.15, -0.1) is 0 Å². The van der Waals surface area contributed by atoms with Crippen LogP contribution in [0.3, 0.4) is 0 Å². The van der Waals surface area contributed by atoms with Crippen molar-refractivity contribution < 1.29 is 9.79 Å². The Bertz CT molecular complexity index is 444. The summed E-state index contributed by atoms with van der Waals surface area (Å²) in [6.45, 7) is 6.38. The molecule has 40 heavy (non-hydrogen) atoms. The molecule has 0 saturated carbocycles. The zero-order valence-corrected chi connectivity index (χ0v) is 29.3. The van der Waals surface area contributed by atoms with Crippen molar-refractivity contribution in [2.24, 2.45) is 0 Å². The number of unbranched alkanes of at least 4 members (excludes halogenated alkanes) is 30. The number of hydrogen-bond acceptors (Lipinski definition) is 2. The normalized spacial score (nSPS) is 13.1. The molecule has 0 saturated heterocycles. The van der Waals surface area contributed by atoms with Crippen LogP contribution in [0.2, 0.25) is 0 Å². The van der Waals surface area contributed by atoms with Gasteiger partial charge in [0.15, 0.2) is 0 Å². The fourth-order valence-corrected chi connectivity index (χ4v) is 8.57. The molecule has 0 heterocycles. The first-order chi connectivity index (χ1) is 19.4. The minimum absolute atomic E-state index is 0.656. The average molecular weight is 587 g/mol. The van der Waals surface area contributed by atoms with Crippen LogP contribution in [-0.2, 0) is 0 Å². The van der Waals surface area contributed by atoms with Crippen molar-refractivity contribution in [3.8, 4) is 0 Å². The standard InChI is InChI=1S/C37H79O2P/c1-4-6-8-10-12-14-16-18-20-22-24-26-28-30-32-34-36-40(3,38,39)37-35-33-31-29-27-25-23-21-19-17-15-13-11-9-7-5-2/h38-39H,4-37H2,1-3H3. The summed E-state index contributed by atoms with van der Waals surface area (Å²) in [6, 6.07) is 0. The molecule has 0 unspecified atom stereocenters. The molecule has 0 atom stereocenters. The molecule has 244 valence electrons. The first-order valence-corrected chi connectivity index (χ1v) is 21.9. The van der Waals surface area contributed by atoms with E-state index in [0.29, 0.717) is 12.3 Å². The van der Waals surface area contributed by atoms with E-state index >= 15 is 0 Å². The molecule has 0 aromatic carbocycles. The van der Waals surface area contributed by atoms with Crippen LogP contribution in [0.15, 0.2) is 0 Å². The first-order valence-electron chi connectivity index (χ1n) is 18.9. The Morgan fingerprint density at radius 1 is 0.275 bits per heavy atom. The molecule has 0 aromatic heterocycles. The quantitative estimate of drug-likeness (QED) is 0.0581. The van der Waals surface area contributed by atoms with Crippen molar-refractivity contribution >= 4 is 7.06 Å². The molecule has 0 rings (SSSR count). The molecule has 2 nitrogen and oxygen atoms in total. The van der Waals surface area contributed by atoms with Crippen LogP contribution in [0.4, 0.5) is 0 Å². The van der Waals surface area contributed by atoms with Crippen LogP contribution < -0.4 is 0 Å². The topological polar surface area (TPSA) is 40.5 Å². The van der Waals surface area contributed by atoms with Crippen molar-refractivity contribution in [3.63, 3.8) is 0 Å². The smallest absolute Gasteiger partial charge is 0.0654 e. The van der Waals surface area contributed by atoms with E-state index in [1.165, 1.54) is 193 Å². The molecule has 2 N–H and O–H groups in total. The van der Waals surface area contributed by atoms with Gasteiger partial charge in [-0.1, -0.05) is 78.1 Å². The van der Waals surface area contributed by atoms with E-state index in [4.69, 9.17) is 0 Å². The summed E-state index contributed by atoms with van der Waals surface area (Å²) in [6.07, 6.45) is 44.9. The number of rotatable bonds is 34. The van der Waals surface area contributed by atoms with Gasteiger partial charge in [0.2, 0.25) is 0 Å². The van der Waals surface area contributed by atoms with Crippen molar-refractivity contribution in [1.82, 2.24) is 0 Å². The molecule has 0 bridgehead atoms. The third kappa shape index (κ3) is 32.9. The van der Waals surface area contributed by atoms with Crippen molar-refractivity contribution in [3.05, 3.63) is 0 Å². The van der Waals surface area contributed by atoms with E-state index in [1.807, 2.05) is 0 Å². The van der Waals surface area contributed by atoms with E-state index in [9.17, 15) is 9.79 Å². The first kappa shape index (κ1) is 40.4. The molecule has 0 aliphatic carbocycles. The zero-order valence-electron chi connectivity index (χ0n) is 28.4. The minimum atomic E-state index is -3.39. The summed E-state index contributed by atoms with van der Waals surface area (Å²) in [4.78, 5) is 21.8. The van der Waals surface area contributed by atoms with Gasteiger partial charge in [-0.25, -0.2) is 0 Å². The van der Waals surface area contributed by atoms with Crippen molar-refractivity contribution in [1.29, 1.82) is 0 Å². The summed E-state index contributed by atoms with van der Waals surface area (Å²) in [7, 11) is -3.39. The number of hydrogen-bond donors (Lipinski definition) is 2. The maximum atomic E-state index is 10.9. The van der Waals surface area contributed by atoms with Gasteiger partial charge in [-0.3, -0.25) is 0 Å². The van der Waals surface area contributed by atoms with Gasteiger partial charge < -0.3 is 0 Å². The summed E-state index contributed by atoms with van der Waals surface area (Å²) in [5.41, 5.74) is 0.